The second-order valence-corrected chi connectivity index (χ2v) is 4.09. The lowest BCUT2D eigenvalue weighted by molar-refractivity contribution is -0.135. The minimum absolute atomic E-state index is 0.0232. The van der Waals surface area contributed by atoms with Crippen LogP contribution in [0, 0.1) is 0 Å². The molecule has 108 valence electrons. The van der Waals surface area contributed by atoms with Crippen LogP contribution >= 0.6 is 0 Å². The van der Waals surface area contributed by atoms with Gasteiger partial charge in [-0.15, -0.1) is 0 Å². The molecule has 0 radical (unpaired) electrons. The van der Waals surface area contributed by atoms with Crippen LogP contribution in [0.5, 0.6) is 11.5 Å². The van der Waals surface area contributed by atoms with Crippen molar-refractivity contribution in [2.45, 2.75) is 32.5 Å². The Hall–Kier alpha value is -1.43. The first kappa shape index (κ1) is 15.6. The summed E-state index contributed by atoms with van der Waals surface area (Å²) in [6.07, 6.45) is -4.89. The highest BCUT2D eigenvalue weighted by Gasteiger charge is 2.25. The summed E-state index contributed by atoms with van der Waals surface area (Å²) in [5.74, 6) is 0.421. The molecule has 3 nitrogen and oxygen atoms in total. The summed E-state index contributed by atoms with van der Waals surface area (Å²) in [5.41, 5.74) is 0.609. The molecule has 0 aliphatic heterocycles. The zero-order chi connectivity index (χ0) is 14.3. The summed E-state index contributed by atoms with van der Waals surface area (Å²) in [6, 6.07) is 5.08. The monoisotopic (exact) mass is 277 g/mol. The van der Waals surface area contributed by atoms with Crippen molar-refractivity contribution in [3.05, 3.63) is 23.8 Å². The third-order valence-corrected chi connectivity index (χ3v) is 2.51. The SMILES string of the molecule is CCOc1cccc(CNCCCC(F)(F)F)c1O. The average Bonchev–Trinajstić information content (AvgIpc) is 2.32. The predicted octanol–water partition coefficient (Wildman–Crippen LogP) is 3.22. The van der Waals surface area contributed by atoms with Crippen molar-refractivity contribution in [2.75, 3.05) is 13.2 Å². The fourth-order valence-corrected chi connectivity index (χ4v) is 1.62. The Morgan fingerprint density at radius 3 is 2.68 bits per heavy atom. The Bertz CT molecular complexity index is 394. The van der Waals surface area contributed by atoms with Gasteiger partial charge in [0.05, 0.1) is 6.61 Å². The van der Waals surface area contributed by atoms with Gasteiger partial charge in [0, 0.05) is 18.5 Å². The van der Waals surface area contributed by atoms with Crippen molar-refractivity contribution in [1.29, 1.82) is 0 Å². The van der Waals surface area contributed by atoms with Gasteiger partial charge in [-0.1, -0.05) is 12.1 Å². The van der Waals surface area contributed by atoms with Crippen LogP contribution in [0.25, 0.3) is 0 Å². The van der Waals surface area contributed by atoms with Crippen LogP contribution in [0.4, 0.5) is 13.2 Å². The largest absolute Gasteiger partial charge is 0.504 e. The van der Waals surface area contributed by atoms with E-state index in [0.717, 1.165) is 0 Å². The predicted molar refractivity (Wildman–Crippen MR) is 66.3 cm³/mol. The first-order valence-corrected chi connectivity index (χ1v) is 6.15. The zero-order valence-electron chi connectivity index (χ0n) is 10.8. The molecule has 0 amide bonds. The van der Waals surface area contributed by atoms with Crippen molar-refractivity contribution in [2.24, 2.45) is 0 Å². The molecule has 0 aliphatic carbocycles. The van der Waals surface area contributed by atoms with E-state index < -0.39 is 12.6 Å². The van der Waals surface area contributed by atoms with E-state index in [1.165, 1.54) is 0 Å². The summed E-state index contributed by atoms with van der Waals surface area (Å²) in [5, 5.41) is 12.7. The maximum absolute atomic E-state index is 11.9. The van der Waals surface area contributed by atoms with Crippen LogP contribution in [0.15, 0.2) is 18.2 Å². The maximum atomic E-state index is 11.9. The molecule has 0 aromatic heterocycles. The molecule has 0 atom stereocenters. The van der Waals surface area contributed by atoms with Crippen molar-refractivity contribution < 1.29 is 23.0 Å². The molecule has 0 saturated carbocycles. The van der Waals surface area contributed by atoms with Gasteiger partial charge in [0.25, 0.3) is 0 Å². The van der Waals surface area contributed by atoms with Gasteiger partial charge in [0.1, 0.15) is 0 Å². The second kappa shape index (κ2) is 7.23. The second-order valence-electron chi connectivity index (χ2n) is 4.09. The summed E-state index contributed by atoms with van der Waals surface area (Å²) in [4.78, 5) is 0. The van der Waals surface area contributed by atoms with E-state index in [-0.39, 0.29) is 18.7 Å². The average molecular weight is 277 g/mol. The topological polar surface area (TPSA) is 41.5 Å². The Balaban J connectivity index is 2.39. The van der Waals surface area contributed by atoms with E-state index in [1.807, 2.05) is 6.92 Å². The van der Waals surface area contributed by atoms with Crippen molar-refractivity contribution in [3.63, 3.8) is 0 Å². The molecule has 0 bridgehead atoms. The maximum Gasteiger partial charge on any atom is 0.389 e. The Morgan fingerprint density at radius 2 is 2.05 bits per heavy atom. The first-order valence-electron chi connectivity index (χ1n) is 6.15. The number of halogens is 3. The molecule has 0 aliphatic rings. The molecule has 0 saturated heterocycles. The normalized spacial score (nSPS) is 11.6. The quantitative estimate of drug-likeness (QED) is 0.752. The van der Waals surface area contributed by atoms with Gasteiger partial charge in [-0.2, -0.15) is 13.2 Å². The van der Waals surface area contributed by atoms with Gasteiger partial charge in [-0.25, -0.2) is 0 Å². The van der Waals surface area contributed by atoms with Gasteiger partial charge in [-0.05, 0) is 26.0 Å². The number of alkyl halides is 3. The first-order chi connectivity index (χ1) is 8.94. The molecule has 0 fully saturated rings. The highest BCUT2D eigenvalue weighted by Crippen LogP contribution is 2.29. The summed E-state index contributed by atoms with van der Waals surface area (Å²) < 4.78 is 41.0. The van der Waals surface area contributed by atoms with Crippen LogP contribution in [-0.2, 0) is 6.54 Å². The summed E-state index contributed by atoms with van der Waals surface area (Å²) >= 11 is 0. The fourth-order valence-electron chi connectivity index (χ4n) is 1.62. The molecule has 0 unspecified atom stereocenters. The number of phenolic OH excluding ortho intramolecular Hbond substituents is 1. The van der Waals surface area contributed by atoms with Crippen LogP contribution in [0.2, 0.25) is 0 Å². The molecule has 0 spiro atoms. The van der Waals surface area contributed by atoms with Gasteiger partial charge in [0.15, 0.2) is 11.5 Å². The van der Waals surface area contributed by atoms with E-state index in [1.54, 1.807) is 18.2 Å². The highest BCUT2D eigenvalue weighted by atomic mass is 19.4. The van der Waals surface area contributed by atoms with E-state index >= 15 is 0 Å². The van der Waals surface area contributed by atoms with Crippen LogP contribution < -0.4 is 10.1 Å². The minimum atomic E-state index is -4.11. The number of ether oxygens (including phenoxy) is 1. The van der Waals surface area contributed by atoms with E-state index in [2.05, 4.69) is 5.32 Å². The van der Waals surface area contributed by atoms with Gasteiger partial charge in [0.2, 0.25) is 0 Å². The number of aromatic hydroxyl groups is 1. The number of rotatable bonds is 7. The van der Waals surface area contributed by atoms with Gasteiger partial charge >= 0.3 is 6.18 Å². The Morgan fingerprint density at radius 1 is 1.32 bits per heavy atom. The van der Waals surface area contributed by atoms with Gasteiger partial charge in [-0.3, -0.25) is 0 Å². The number of hydrogen-bond acceptors (Lipinski definition) is 3. The minimum Gasteiger partial charge on any atom is -0.504 e. The lowest BCUT2D eigenvalue weighted by Crippen LogP contribution is -2.17. The smallest absolute Gasteiger partial charge is 0.389 e. The molecule has 0 heterocycles. The third kappa shape index (κ3) is 5.83. The molecular formula is C13H18F3NO2. The van der Waals surface area contributed by atoms with E-state index in [9.17, 15) is 18.3 Å². The number of benzene rings is 1. The number of para-hydroxylation sites is 1. The molecule has 6 heteroatoms. The van der Waals surface area contributed by atoms with Crippen LogP contribution in [0.3, 0.4) is 0 Å². The van der Waals surface area contributed by atoms with E-state index in [0.29, 0.717) is 24.5 Å². The molecule has 1 aromatic carbocycles. The zero-order valence-corrected chi connectivity index (χ0v) is 10.8. The van der Waals surface area contributed by atoms with Gasteiger partial charge < -0.3 is 15.2 Å². The highest BCUT2D eigenvalue weighted by molar-refractivity contribution is 5.45. The number of hydrogen-bond donors (Lipinski definition) is 2. The molecule has 19 heavy (non-hydrogen) atoms. The van der Waals surface area contributed by atoms with Crippen molar-refractivity contribution >= 4 is 0 Å². The number of phenols is 1. The summed E-state index contributed by atoms with van der Waals surface area (Å²) in [7, 11) is 0. The Kier molecular flexibility index (Phi) is 5.95. The van der Waals surface area contributed by atoms with Crippen molar-refractivity contribution in [3.8, 4) is 11.5 Å². The summed E-state index contributed by atoms with van der Waals surface area (Å²) in [6.45, 7) is 2.81. The third-order valence-electron chi connectivity index (χ3n) is 2.51. The molecule has 1 aromatic rings. The van der Waals surface area contributed by atoms with Crippen LogP contribution in [-0.4, -0.2) is 24.4 Å². The molecular weight excluding hydrogens is 259 g/mol. The fraction of sp³-hybridized carbons (Fsp3) is 0.538. The van der Waals surface area contributed by atoms with Crippen molar-refractivity contribution in [1.82, 2.24) is 5.32 Å². The standard InChI is InChI=1S/C13H18F3NO2/c1-2-19-11-6-3-5-10(12(11)18)9-17-8-4-7-13(14,15)16/h3,5-6,17-18H,2,4,7-9H2,1H3. The van der Waals surface area contributed by atoms with Crippen LogP contribution in [0.1, 0.15) is 25.3 Å². The number of nitrogens with one attached hydrogen (secondary N) is 1. The molecule has 2 N–H and O–H groups in total. The lowest BCUT2D eigenvalue weighted by Gasteiger charge is -2.11. The molecule has 1 rings (SSSR count). The lowest BCUT2D eigenvalue weighted by atomic mass is 10.2. The Labute approximate surface area is 110 Å². The van der Waals surface area contributed by atoms with E-state index in [4.69, 9.17) is 4.74 Å².